The van der Waals surface area contributed by atoms with E-state index >= 15 is 0 Å². The highest BCUT2D eigenvalue weighted by molar-refractivity contribution is 5.21. The van der Waals surface area contributed by atoms with Crippen molar-refractivity contribution in [3.8, 4) is 0 Å². The van der Waals surface area contributed by atoms with Crippen molar-refractivity contribution >= 4 is 0 Å². The fourth-order valence-electron chi connectivity index (χ4n) is 0.573. The van der Waals surface area contributed by atoms with Crippen LogP contribution in [-0.4, -0.2) is 6.67 Å². The Balaban J connectivity index is 3.85. The average molecular weight is 140 g/mol. The number of hydrogen-bond donors (Lipinski definition) is 0. The summed E-state index contributed by atoms with van der Waals surface area (Å²) in [5.41, 5.74) is 1.13. The second-order valence-electron chi connectivity index (χ2n) is 1.88. The van der Waals surface area contributed by atoms with Gasteiger partial charge in [0.1, 0.15) is 6.67 Å². The lowest BCUT2D eigenvalue weighted by molar-refractivity contribution is 0.562. The van der Waals surface area contributed by atoms with Crippen molar-refractivity contribution in [2.24, 2.45) is 0 Å². The van der Waals surface area contributed by atoms with Gasteiger partial charge in [0, 0.05) is 0 Å². The van der Waals surface area contributed by atoms with Crippen LogP contribution in [0.25, 0.3) is 0 Å². The predicted molar refractivity (Wildman–Crippen MR) is 43.7 cm³/mol. The van der Waals surface area contributed by atoms with Crippen LogP contribution in [0.4, 0.5) is 4.39 Å². The highest BCUT2D eigenvalue weighted by Gasteiger charge is 1.80. The topological polar surface area (TPSA) is 0 Å². The minimum atomic E-state index is -0.398. The van der Waals surface area contributed by atoms with Crippen LogP contribution in [0.15, 0.2) is 36.5 Å². The van der Waals surface area contributed by atoms with Gasteiger partial charge in [0.25, 0.3) is 0 Å². The summed E-state index contributed by atoms with van der Waals surface area (Å²) in [4.78, 5) is 0. The molecule has 0 atom stereocenters. The Morgan fingerprint density at radius 3 is 2.70 bits per heavy atom. The molecule has 0 saturated carbocycles. The Bertz CT molecular complexity index is 143. The zero-order valence-corrected chi connectivity index (χ0v) is 6.31. The SMILES string of the molecule is C=C/C(=C\C=C/CF)CC. The van der Waals surface area contributed by atoms with E-state index in [1.165, 1.54) is 6.08 Å². The molecular formula is C9H13F. The number of hydrogen-bond acceptors (Lipinski definition) is 0. The van der Waals surface area contributed by atoms with Gasteiger partial charge >= 0.3 is 0 Å². The second-order valence-corrected chi connectivity index (χ2v) is 1.88. The van der Waals surface area contributed by atoms with Gasteiger partial charge in [-0.15, -0.1) is 0 Å². The van der Waals surface area contributed by atoms with Crippen LogP contribution in [0.5, 0.6) is 0 Å². The molecule has 0 aromatic carbocycles. The zero-order chi connectivity index (χ0) is 7.82. The molecule has 0 N–H and O–H groups in total. The van der Waals surface area contributed by atoms with Gasteiger partial charge in [-0.1, -0.05) is 37.8 Å². The van der Waals surface area contributed by atoms with Gasteiger partial charge in [0.05, 0.1) is 0 Å². The molecule has 1 heteroatoms. The van der Waals surface area contributed by atoms with Gasteiger partial charge in [-0.25, -0.2) is 4.39 Å². The predicted octanol–water partition coefficient (Wildman–Crippen LogP) is 3.03. The van der Waals surface area contributed by atoms with Crippen LogP contribution in [0.3, 0.4) is 0 Å². The van der Waals surface area contributed by atoms with E-state index in [-0.39, 0.29) is 0 Å². The Hall–Kier alpha value is -0.850. The average Bonchev–Trinajstić information content (AvgIpc) is 1.99. The Kier molecular flexibility index (Phi) is 5.74. The van der Waals surface area contributed by atoms with Crippen molar-refractivity contribution in [3.63, 3.8) is 0 Å². The number of halogens is 1. The van der Waals surface area contributed by atoms with Crippen LogP contribution in [-0.2, 0) is 0 Å². The number of allylic oxidation sites excluding steroid dienone is 5. The zero-order valence-electron chi connectivity index (χ0n) is 6.31. The smallest absolute Gasteiger partial charge is 0.108 e. The molecule has 0 aliphatic heterocycles. The van der Waals surface area contributed by atoms with Gasteiger partial charge in [0.2, 0.25) is 0 Å². The third-order valence-electron chi connectivity index (χ3n) is 1.21. The van der Waals surface area contributed by atoms with Gasteiger partial charge in [-0.3, -0.25) is 0 Å². The normalized spacial score (nSPS) is 12.4. The van der Waals surface area contributed by atoms with Crippen molar-refractivity contribution in [2.75, 3.05) is 6.67 Å². The maximum absolute atomic E-state index is 11.5. The number of rotatable bonds is 4. The Labute approximate surface area is 61.8 Å². The first-order chi connectivity index (χ1) is 4.85. The molecule has 0 spiro atoms. The third kappa shape index (κ3) is 4.07. The van der Waals surface area contributed by atoms with Gasteiger partial charge in [-0.05, 0) is 12.0 Å². The van der Waals surface area contributed by atoms with Crippen molar-refractivity contribution < 1.29 is 4.39 Å². The minimum Gasteiger partial charge on any atom is -0.247 e. The van der Waals surface area contributed by atoms with Crippen LogP contribution >= 0.6 is 0 Å². The summed E-state index contributed by atoms with van der Waals surface area (Å²) in [6, 6.07) is 0. The van der Waals surface area contributed by atoms with Crippen LogP contribution in [0.2, 0.25) is 0 Å². The quantitative estimate of drug-likeness (QED) is 0.526. The summed E-state index contributed by atoms with van der Waals surface area (Å²) in [6.45, 7) is 5.25. The lowest BCUT2D eigenvalue weighted by Gasteiger charge is -1.90. The second kappa shape index (κ2) is 6.27. The van der Waals surface area contributed by atoms with E-state index in [1.807, 2.05) is 13.0 Å². The molecule has 0 aliphatic carbocycles. The van der Waals surface area contributed by atoms with E-state index < -0.39 is 6.67 Å². The van der Waals surface area contributed by atoms with E-state index in [2.05, 4.69) is 6.58 Å². The van der Waals surface area contributed by atoms with Gasteiger partial charge in [0.15, 0.2) is 0 Å². The molecule has 0 rings (SSSR count). The highest BCUT2D eigenvalue weighted by Crippen LogP contribution is 2.00. The summed E-state index contributed by atoms with van der Waals surface area (Å²) in [7, 11) is 0. The van der Waals surface area contributed by atoms with E-state index in [4.69, 9.17) is 0 Å². The molecule has 0 unspecified atom stereocenters. The van der Waals surface area contributed by atoms with Gasteiger partial charge in [-0.2, -0.15) is 0 Å². The molecule has 0 saturated heterocycles. The van der Waals surface area contributed by atoms with E-state index in [9.17, 15) is 4.39 Å². The third-order valence-corrected chi connectivity index (χ3v) is 1.21. The highest BCUT2D eigenvalue weighted by atomic mass is 19.1. The summed E-state index contributed by atoms with van der Waals surface area (Å²) >= 11 is 0. The van der Waals surface area contributed by atoms with Crippen molar-refractivity contribution in [1.82, 2.24) is 0 Å². The van der Waals surface area contributed by atoms with Crippen LogP contribution < -0.4 is 0 Å². The molecule has 0 aromatic rings. The summed E-state index contributed by atoms with van der Waals surface area (Å²) in [6.07, 6.45) is 7.77. The van der Waals surface area contributed by atoms with Gasteiger partial charge < -0.3 is 0 Å². The van der Waals surface area contributed by atoms with Crippen LogP contribution in [0.1, 0.15) is 13.3 Å². The summed E-state index contributed by atoms with van der Waals surface area (Å²) in [5.74, 6) is 0. The van der Waals surface area contributed by atoms with Crippen molar-refractivity contribution in [2.45, 2.75) is 13.3 Å². The molecular weight excluding hydrogens is 127 g/mol. The van der Waals surface area contributed by atoms with E-state index in [1.54, 1.807) is 12.2 Å². The minimum absolute atomic E-state index is 0.398. The first-order valence-electron chi connectivity index (χ1n) is 3.39. The largest absolute Gasteiger partial charge is 0.247 e. The molecule has 0 heterocycles. The lowest BCUT2D eigenvalue weighted by Crippen LogP contribution is -1.70. The standard InChI is InChI=1S/C9H13F/c1-3-9(4-2)7-5-6-8-10/h3,5-7H,1,4,8H2,2H3/b6-5-,9-7+. The summed E-state index contributed by atoms with van der Waals surface area (Å²) < 4.78 is 11.5. The Morgan fingerprint density at radius 1 is 1.60 bits per heavy atom. The molecule has 0 bridgehead atoms. The first kappa shape index (κ1) is 9.15. The molecule has 10 heavy (non-hydrogen) atoms. The van der Waals surface area contributed by atoms with E-state index in [0.717, 1.165) is 12.0 Å². The molecule has 0 fully saturated rings. The maximum Gasteiger partial charge on any atom is 0.108 e. The molecule has 56 valence electrons. The fourth-order valence-corrected chi connectivity index (χ4v) is 0.573. The van der Waals surface area contributed by atoms with E-state index in [0.29, 0.717) is 0 Å². The lowest BCUT2D eigenvalue weighted by atomic mass is 10.2. The molecule has 0 aliphatic rings. The first-order valence-corrected chi connectivity index (χ1v) is 3.39. The Morgan fingerprint density at radius 2 is 2.30 bits per heavy atom. The monoisotopic (exact) mass is 140 g/mol. The molecule has 0 aromatic heterocycles. The maximum atomic E-state index is 11.5. The molecule has 0 amide bonds. The molecule has 0 nitrogen and oxygen atoms in total. The summed E-state index contributed by atoms with van der Waals surface area (Å²) in [5, 5.41) is 0. The van der Waals surface area contributed by atoms with Crippen molar-refractivity contribution in [3.05, 3.63) is 36.5 Å². The van der Waals surface area contributed by atoms with Crippen molar-refractivity contribution in [1.29, 1.82) is 0 Å². The molecule has 0 radical (unpaired) electrons. The number of alkyl halides is 1. The van der Waals surface area contributed by atoms with Crippen LogP contribution in [0, 0.1) is 0 Å². The fraction of sp³-hybridized carbons (Fsp3) is 0.333.